The highest BCUT2D eigenvalue weighted by molar-refractivity contribution is 5.87. The summed E-state index contributed by atoms with van der Waals surface area (Å²) in [5, 5.41) is 7.22. The summed E-state index contributed by atoms with van der Waals surface area (Å²) in [5.74, 6) is -0.740. The number of amides is 3. The maximum atomic E-state index is 11.4. The van der Waals surface area contributed by atoms with Crippen LogP contribution in [0.25, 0.3) is 0 Å². The Hall–Kier alpha value is -2.57. The third-order valence-corrected chi connectivity index (χ3v) is 2.43. The number of benzene rings is 1. The van der Waals surface area contributed by atoms with Gasteiger partial charge in [0, 0.05) is 6.54 Å². The van der Waals surface area contributed by atoms with Crippen LogP contribution in [0, 0.1) is 0 Å². The van der Waals surface area contributed by atoms with E-state index in [2.05, 4.69) is 16.0 Å². The number of carbonyl (C=O) groups is 3. The van der Waals surface area contributed by atoms with Crippen molar-refractivity contribution in [1.82, 2.24) is 16.0 Å². The van der Waals surface area contributed by atoms with Gasteiger partial charge < -0.3 is 20.7 Å². The first-order valence-corrected chi connectivity index (χ1v) is 6.59. The van der Waals surface area contributed by atoms with Gasteiger partial charge in [-0.3, -0.25) is 9.59 Å². The maximum absolute atomic E-state index is 11.4. The Balaban J connectivity index is 2.15. The lowest BCUT2D eigenvalue weighted by atomic mass is 10.2. The summed E-state index contributed by atoms with van der Waals surface area (Å²) < 4.78 is 4.93. The minimum atomic E-state index is -0.688. The minimum absolute atomic E-state index is 0.118. The Morgan fingerprint density at radius 3 is 2.24 bits per heavy atom. The fourth-order valence-corrected chi connectivity index (χ4v) is 1.43. The van der Waals surface area contributed by atoms with Crippen LogP contribution < -0.4 is 16.0 Å². The molecule has 0 aromatic heterocycles. The smallest absolute Gasteiger partial charge is 0.407 e. The molecule has 21 heavy (non-hydrogen) atoms. The third kappa shape index (κ3) is 7.56. The number of nitrogens with one attached hydrogen (secondary N) is 3. The van der Waals surface area contributed by atoms with Crippen molar-refractivity contribution < 1.29 is 19.1 Å². The normalized spacial score (nSPS) is 9.57. The quantitative estimate of drug-likeness (QED) is 0.667. The molecule has 1 aromatic rings. The molecule has 0 fully saturated rings. The number of hydrogen-bond donors (Lipinski definition) is 3. The molecule has 0 saturated heterocycles. The van der Waals surface area contributed by atoms with Crippen LogP contribution >= 0.6 is 0 Å². The summed E-state index contributed by atoms with van der Waals surface area (Å²) in [6.07, 6.45) is -0.688. The van der Waals surface area contributed by atoms with E-state index in [-0.39, 0.29) is 25.6 Å². The average molecular weight is 293 g/mol. The summed E-state index contributed by atoms with van der Waals surface area (Å²) in [6, 6.07) is 9.19. The predicted octanol–water partition coefficient (Wildman–Crippen LogP) is 0.165. The van der Waals surface area contributed by atoms with Gasteiger partial charge in [0.15, 0.2) is 0 Å². The molecule has 0 spiro atoms. The summed E-state index contributed by atoms with van der Waals surface area (Å²) in [4.78, 5) is 33.8. The van der Waals surface area contributed by atoms with Crippen LogP contribution in [-0.2, 0) is 20.9 Å². The van der Waals surface area contributed by atoms with Gasteiger partial charge in [0.1, 0.15) is 13.2 Å². The Morgan fingerprint density at radius 1 is 0.952 bits per heavy atom. The van der Waals surface area contributed by atoms with Gasteiger partial charge in [-0.25, -0.2) is 4.79 Å². The number of likely N-dealkylation sites (N-methyl/N-ethyl adjacent to an activating group) is 1. The van der Waals surface area contributed by atoms with E-state index in [1.165, 1.54) is 0 Å². The van der Waals surface area contributed by atoms with Crippen molar-refractivity contribution in [2.45, 2.75) is 13.5 Å². The Labute approximate surface area is 123 Å². The molecule has 7 nitrogen and oxygen atoms in total. The SMILES string of the molecule is CCNC(=O)CNC(=O)CNC(=O)OCc1ccccc1. The molecule has 3 amide bonds. The highest BCUT2D eigenvalue weighted by Crippen LogP contribution is 2.00. The second-order valence-corrected chi connectivity index (χ2v) is 4.15. The summed E-state index contributed by atoms with van der Waals surface area (Å²) in [6.45, 7) is 2.05. The summed E-state index contributed by atoms with van der Waals surface area (Å²) >= 11 is 0. The van der Waals surface area contributed by atoms with E-state index in [4.69, 9.17) is 4.74 Å². The molecule has 7 heteroatoms. The second-order valence-electron chi connectivity index (χ2n) is 4.15. The van der Waals surface area contributed by atoms with Crippen molar-refractivity contribution in [3.63, 3.8) is 0 Å². The number of rotatable bonds is 7. The zero-order valence-corrected chi connectivity index (χ0v) is 11.8. The Kier molecular flexibility index (Phi) is 7.34. The fraction of sp³-hybridized carbons (Fsp3) is 0.357. The molecule has 0 saturated carbocycles. The molecule has 0 unspecified atom stereocenters. The first kappa shape index (κ1) is 16.5. The molecule has 0 aliphatic carbocycles. The Morgan fingerprint density at radius 2 is 1.57 bits per heavy atom. The van der Waals surface area contributed by atoms with Crippen molar-refractivity contribution in [2.75, 3.05) is 19.6 Å². The highest BCUT2D eigenvalue weighted by atomic mass is 16.5. The standard InChI is InChI=1S/C14H19N3O4/c1-2-15-12(18)8-16-13(19)9-17-14(20)21-10-11-6-4-3-5-7-11/h3-7H,2,8-10H2,1H3,(H,15,18)(H,16,19)(H,17,20). The molecule has 3 N–H and O–H groups in total. The lowest BCUT2D eigenvalue weighted by Crippen LogP contribution is -2.42. The van der Waals surface area contributed by atoms with Crippen molar-refractivity contribution >= 4 is 17.9 Å². The maximum Gasteiger partial charge on any atom is 0.407 e. The van der Waals surface area contributed by atoms with Crippen molar-refractivity contribution in [3.8, 4) is 0 Å². The van der Waals surface area contributed by atoms with Gasteiger partial charge in [0.2, 0.25) is 11.8 Å². The number of carbonyl (C=O) groups excluding carboxylic acids is 3. The first-order chi connectivity index (χ1) is 10.1. The largest absolute Gasteiger partial charge is 0.445 e. The molecule has 0 atom stereocenters. The molecule has 1 aromatic carbocycles. The average Bonchev–Trinajstić information content (AvgIpc) is 2.50. The van der Waals surface area contributed by atoms with Gasteiger partial charge in [-0.15, -0.1) is 0 Å². The lowest BCUT2D eigenvalue weighted by molar-refractivity contribution is -0.125. The molecule has 0 aliphatic rings. The molecular formula is C14H19N3O4. The van der Waals surface area contributed by atoms with E-state index < -0.39 is 12.0 Å². The van der Waals surface area contributed by atoms with Crippen LogP contribution in [0.5, 0.6) is 0 Å². The third-order valence-electron chi connectivity index (χ3n) is 2.43. The molecule has 0 heterocycles. The predicted molar refractivity (Wildman–Crippen MR) is 76.3 cm³/mol. The van der Waals surface area contributed by atoms with Crippen LogP contribution in [0.2, 0.25) is 0 Å². The van der Waals surface area contributed by atoms with E-state index >= 15 is 0 Å². The molecule has 0 bridgehead atoms. The lowest BCUT2D eigenvalue weighted by Gasteiger charge is -2.08. The zero-order valence-electron chi connectivity index (χ0n) is 11.8. The van der Waals surface area contributed by atoms with Crippen molar-refractivity contribution in [2.24, 2.45) is 0 Å². The molecule has 0 radical (unpaired) electrons. The van der Waals surface area contributed by atoms with Crippen molar-refractivity contribution in [3.05, 3.63) is 35.9 Å². The van der Waals surface area contributed by atoms with Crippen LogP contribution in [0.15, 0.2) is 30.3 Å². The van der Waals surface area contributed by atoms with E-state index in [1.807, 2.05) is 30.3 Å². The second kappa shape index (κ2) is 9.35. The number of alkyl carbamates (subject to hydrolysis) is 1. The van der Waals surface area contributed by atoms with Gasteiger partial charge in [-0.1, -0.05) is 30.3 Å². The monoisotopic (exact) mass is 293 g/mol. The van der Waals surface area contributed by atoms with Gasteiger partial charge in [0.05, 0.1) is 6.54 Å². The number of ether oxygens (including phenoxy) is 1. The number of hydrogen-bond acceptors (Lipinski definition) is 4. The van der Waals surface area contributed by atoms with Gasteiger partial charge in [0.25, 0.3) is 0 Å². The molecule has 1 rings (SSSR count). The topological polar surface area (TPSA) is 96.5 Å². The summed E-state index contributed by atoms with van der Waals surface area (Å²) in [5.41, 5.74) is 0.855. The minimum Gasteiger partial charge on any atom is -0.445 e. The van der Waals surface area contributed by atoms with E-state index in [9.17, 15) is 14.4 Å². The van der Waals surface area contributed by atoms with Crippen LogP contribution in [0.3, 0.4) is 0 Å². The van der Waals surface area contributed by atoms with Gasteiger partial charge in [-0.05, 0) is 12.5 Å². The molecule has 0 aliphatic heterocycles. The van der Waals surface area contributed by atoms with Crippen molar-refractivity contribution in [1.29, 1.82) is 0 Å². The molecular weight excluding hydrogens is 274 g/mol. The van der Waals surface area contributed by atoms with Crippen LogP contribution in [0.1, 0.15) is 12.5 Å². The van der Waals surface area contributed by atoms with E-state index in [0.717, 1.165) is 5.56 Å². The summed E-state index contributed by atoms with van der Waals surface area (Å²) in [7, 11) is 0. The Bertz CT molecular complexity index is 476. The first-order valence-electron chi connectivity index (χ1n) is 6.59. The van der Waals surface area contributed by atoms with Crippen LogP contribution in [0.4, 0.5) is 4.79 Å². The van der Waals surface area contributed by atoms with Gasteiger partial charge in [-0.2, -0.15) is 0 Å². The van der Waals surface area contributed by atoms with Gasteiger partial charge >= 0.3 is 6.09 Å². The molecule has 114 valence electrons. The fourth-order valence-electron chi connectivity index (χ4n) is 1.43. The zero-order chi connectivity index (χ0) is 15.5. The van der Waals surface area contributed by atoms with E-state index in [0.29, 0.717) is 6.54 Å². The van der Waals surface area contributed by atoms with Crippen LogP contribution in [-0.4, -0.2) is 37.5 Å². The van der Waals surface area contributed by atoms with E-state index in [1.54, 1.807) is 6.92 Å². The highest BCUT2D eigenvalue weighted by Gasteiger charge is 2.07.